The molecule has 2 amide bonds. The first kappa shape index (κ1) is 17.0. The summed E-state index contributed by atoms with van der Waals surface area (Å²) in [5.41, 5.74) is 0.137. The quantitative estimate of drug-likeness (QED) is 0.842. The number of hydrogen-bond donors (Lipinski definition) is 0. The molecule has 3 heterocycles. The lowest BCUT2D eigenvalue weighted by Gasteiger charge is -2.42. The Morgan fingerprint density at radius 2 is 1.96 bits per heavy atom. The van der Waals surface area contributed by atoms with Gasteiger partial charge < -0.3 is 14.2 Å². The molecule has 2 aliphatic rings. The van der Waals surface area contributed by atoms with Crippen LogP contribution in [0.1, 0.15) is 33.0 Å². The molecule has 0 spiro atoms. The van der Waals surface area contributed by atoms with Crippen molar-refractivity contribution in [3.05, 3.63) is 24.2 Å². The summed E-state index contributed by atoms with van der Waals surface area (Å²) in [5, 5.41) is 0. The Kier molecular flexibility index (Phi) is 4.67. The molecule has 0 bridgehead atoms. The van der Waals surface area contributed by atoms with Gasteiger partial charge in [-0.05, 0) is 32.9 Å². The lowest BCUT2D eigenvalue weighted by molar-refractivity contribution is -0.138. The summed E-state index contributed by atoms with van der Waals surface area (Å²) < 4.78 is 5.30. The van der Waals surface area contributed by atoms with Gasteiger partial charge in [0.2, 0.25) is 11.8 Å². The number of hydrogen-bond acceptors (Lipinski definition) is 4. The summed E-state index contributed by atoms with van der Waals surface area (Å²) in [6.45, 7) is 10.8. The van der Waals surface area contributed by atoms with Gasteiger partial charge >= 0.3 is 0 Å². The molecule has 0 aromatic carbocycles. The molecule has 132 valence electrons. The maximum Gasteiger partial charge on any atom is 0.228 e. The number of amides is 2. The number of carbonyl (C=O) groups is 2. The zero-order chi connectivity index (χ0) is 17.3. The van der Waals surface area contributed by atoms with Crippen LogP contribution in [0.2, 0.25) is 0 Å². The molecule has 3 rings (SSSR count). The topological polar surface area (TPSA) is 57.0 Å². The summed E-state index contributed by atoms with van der Waals surface area (Å²) in [5.74, 6) is 0.709. The predicted octanol–water partition coefficient (Wildman–Crippen LogP) is 1.57. The Bertz CT molecular complexity index is 583. The van der Waals surface area contributed by atoms with Crippen molar-refractivity contribution in [2.24, 2.45) is 5.92 Å². The zero-order valence-electron chi connectivity index (χ0n) is 14.8. The van der Waals surface area contributed by atoms with E-state index < -0.39 is 0 Å². The second-order valence-corrected chi connectivity index (χ2v) is 7.74. The average molecular weight is 333 g/mol. The van der Waals surface area contributed by atoms with Gasteiger partial charge in [-0.15, -0.1) is 0 Å². The minimum Gasteiger partial charge on any atom is -0.467 e. The molecular formula is C18H27N3O3. The van der Waals surface area contributed by atoms with Crippen molar-refractivity contribution in [1.29, 1.82) is 0 Å². The van der Waals surface area contributed by atoms with E-state index in [-0.39, 0.29) is 23.3 Å². The first-order chi connectivity index (χ1) is 11.3. The van der Waals surface area contributed by atoms with Crippen molar-refractivity contribution in [2.45, 2.75) is 39.3 Å². The molecule has 6 nitrogen and oxygen atoms in total. The normalized spacial score (nSPS) is 23.1. The molecule has 0 unspecified atom stereocenters. The van der Waals surface area contributed by atoms with E-state index in [9.17, 15) is 9.59 Å². The van der Waals surface area contributed by atoms with Gasteiger partial charge in [0.05, 0.1) is 18.7 Å². The monoisotopic (exact) mass is 333 g/mol. The number of rotatable bonds is 3. The maximum atomic E-state index is 12.8. The fourth-order valence-corrected chi connectivity index (χ4v) is 3.54. The van der Waals surface area contributed by atoms with Gasteiger partial charge in [0, 0.05) is 44.7 Å². The first-order valence-corrected chi connectivity index (χ1v) is 8.68. The van der Waals surface area contributed by atoms with Gasteiger partial charge in [-0.2, -0.15) is 0 Å². The summed E-state index contributed by atoms with van der Waals surface area (Å²) in [4.78, 5) is 31.0. The van der Waals surface area contributed by atoms with Crippen molar-refractivity contribution >= 4 is 11.8 Å². The molecule has 0 N–H and O–H groups in total. The van der Waals surface area contributed by atoms with Crippen molar-refractivity contribution < 1.29 is 14.0 Å². The SMILES string of the molecule is CC(C)(C)N1CCN(C(=O)[C@@H]2CC(=O)N(Cc3ccco3)C2)CC1. The van der Waals surface area contributed by atoms with Crippen LogP contribution in [0.4, 0.5) is 0 Å². The number of nitrogens with zero attached hydrogens (tertiary/aromatic N) is 3. The lowest BCUT2D eigenvalue weighted by atomic mass is 10.0. The van der Waals surface area contributed by atoms with Crippen LogP contribution < -0.4 is 0 Å². The third-order valence-corrected chi connectivity index (χ3v) is 5.03. The van der Waals surface area contributed by atoms with Gasteiger partial charge in [-0.3, -0.25) is 14.5 Å². The van der Waals surface area contributed by atoms with E-state index in [2.05, 4.69) is 25.7 Å². The summed E-state index contributed by atoms with van der Waals surface area (Å²) in [7, 11) is 0. The maximum absolute atomic E-state index is 12.8. The van der Waals surface area contributed by atoms with E-state index in [0.717, 1.165) is 31.9 Å². The first-order valence-electron chi connectivity index (χ1n) is 8.68. The van der Waals surface area contributed by atoms with Crippen LogP contribution >= 0.6 is 0 Å². The van der Waals surface area contributed by atoms with E-state index in [1.807, 2.05) is 17.0 Å². The molecular weight excluding hydrogens is 306 g/mol. The highest BCUT2D eigenvalue weighted by Crippen LogP contribution is 2.24. The molecule has 0 saturated carbocycles. The fraction of sp³-hybridized carbons (Fsp3) is 0.667. The largest absolute Gasteiger partial charge is 0.467 e. The molecule has 0 aliphatic carbocycles. The fourth-order valence-electron chi connectivity index (χ4n) is 3.54. The molecule has 1 atom stereocenters. The standard InChI is InChI=1S/C18H27N3O3/c1-18(2,3)21-8-6-19(7-9-21)17(23)14-11-16(22)20(12-14)13-15-5-4-10-24-15/h4-5,10,14H,6-9,11-13H2,1-3H3/t14-/m1/s1. The molecule has 2 aliphatic heterocycles. The number of carbonyl (C=O) groups excluding carboxylic acids is 2. The number of piperazine rings is 1. The third kappa shape index (κ3) is 3.64. The highest BCUT2D eigenvalue weighted by Gasteiger charge is 2.38. The molecule has 2 fully saturated rings. The van der Waals surface area contributed by atoms with Crippen molar-refractivity contribution in [2.75, 3.05) is 32.7 Å². The highest BCUT2D eigenvalue weighted by molar-refractivity contribution is 5.89. The van der Waals surface area contributed by atoms with Gasteiger partial charge in [0.15, 0.2) is 0 Å². The Hall–Kier alpha value is -1.82. The van der Waals surface area contributed by atoms with Crippen molar-refractivity contribution in [1.82, 2.24) is 14.7 Å². The van der Waals surface area contributed by atoms with Gasteiger partial charge in [0.1, 0.15) is 5.76 Å². The van der Waals surface area contributed by atoms with Crippen molar-refractivity contribution in [3.8, 4) is 0 Å². The number of furan rings is 1. The van der Waals surface area contributed by atoms with Crippen LogP contribution in [0.25, 0.3) is 0 Å². The molecule has 0 radical (unpaired) electrons. The van der Waals surface area contributed by atoms with E-state index in [1.54, 1.807) is 11.2 Å². The lowest BCUT2D eigenvalue weighted by Crippen LogP contribution is -2.55. The molecule has 24 heavy (non-hydrogen) atoms. The molecule has 2 saturated heterocycles. The summed E-state index contributed by atoms with van der Waals surface area (Å²) in [6.07, 6.45) is 1.92. The minimum absolute atomic E-state index is 0.0399. The summed E-state index contributed by atoms with van der Waals surface area (Å²) >= 11 is 0. The van der Waals surface area contributed by atoms with Crippen LogP contribution in [-0.4, -0.2) is 64.8 Å². The van der Waals surface area contributed by atoms with Crippen LogP contribution in [0, 0.1) is 5.92 Å². The Labute approximate surface area is 143 Å². The third-order valence-electron chi connectivity index (χ3n) is 5.03. The molecule has 1 aromatic rings. The minimum atomic E-state index is -0.214. The Balaban J connectivity index is 1.54. The number of likely N-dealkylation sites (tertiary alicyclic amines) is 1. The molecule has 1 aromatic heterocycles. The second kappa shape index (κ2) is 6.59. The highest BCUT2D eigenvalue weighted by atomic mass is 16.3. The van der Waals surface area contributed by atoms with Crippen LogP contribution in [0.15, 0.2) is 22.8 Å². The van der Waals surface area contributed by atoms with Crippen LogP contribution in [0.3, 0.4) is 0 Å². The Morgan fingerprint density at radius 1 is 1.25 bits per heavy atom. The summed E-state index contributed by atoms with van der Waals surface area (Å²) in [6, 6.07) is 3.67. The van der Waals surface area contributed by atoms with Crippen molar-refractivity contribution in [3.63, 3.8) is 0 Å². The van der Waals surface area contributed by atoms with Crippen LogP contribution in [-0.2, 0) is 16.1 Å². The van der Waals surface area contributed by atoms with E-state index in [0.29, 0.717) is 19.5 Å². The zero-order valence-corrected chi connectivity index (χ0v) is 14.8. The molecule has 6 heteroatoms. The van der Waals surface area contributed by atoms with Crippen LogP contribution in [0.5, 0.6) is 0 Å². The van der Waals surface area contributed by atoms with Gasteiger partial charge in [-0.1, -0.05) is 0 Å². The van der Waals surface area contributed by atoms with E-state index in [1.165, 1.54) is 0 Å². The van der Waals surface area contributed by atoms with E-state index in [4.69, 9.17) is 4.42 Å². The smallest absolute Gasteiger partial charge is 0.228 e. The van der Waals surface area contributed by atoms with Gasteiger partial charge in [-0.25, -0.2) is 0 Å². The Morgan fingerprint density at radius 3 is 2.54 bits per heavy atom. The second-order valence-electron chi connectivity index (χ2n) is 7.74. The predicted molar refractivity (Wildman–Crippen MR) is 90.1 cm³/mol. The van der Waals surface area contributed by atoms with E-state index >= 15 is 0 Å². The average Bonchev–Trinajstić information content (AvgIpc) is 3.17. The van der Waals surface area contributed by atoms with Gasteiger partial charge in [0.25, 0.3) is 0 Å².